The van der Waals surface area contributed by atoms with Crippen molar-refractivity contribution in [3.63, 3.8) is 0 Å². The molecule has 1 rings (SSSR count). The van der Waals surface area contributed by atoms with Crippen LogP contribution in [0.4, 0.5) is 0 Å². The summed E-state index contributed by atoms with van der Waals surface area (Å²) in [6.07, 6.45) is 7.50. The summed E-state index contributed by atoms with van der Waals surface area (Å²) in [4.78, 5) is 7.25. The summed E-state index contributed by atoms with van der Waals surface area (Å²) in [6.45, 7) is 9.00. The van der Waals surface area contributed by atoms with Gasteiger partial charge in [-0.25, -0.2) is 0 Å². The zero-order chi connectivity index (χ0) is 9.54. The Morgan fingerprint density at radius 1 is 0.750 bits per heavy atom. The molecule has 0 aromatic carbocycles. The van der Waals surface area contributed by atoms with Gasteiger partial charge in [0, 0.05) is 21.1 Å². The van der Waals surface area contributed by atoms with Crippen LogP contribution >= 0.6 is 0 Å². The zero-order valence-electron chi connectivity index (χ0n) is 6.62. The monoisotopic (exact) mass is 254 g/mol. The first-order chi connectivity index (χ1) is 5.50. The van der Waals surface area contributed by atoms with Gasteiger partial charge in [0.05, 0.1) is 0 Å². The first kappa shape index (κ1) is 22.6. The summed E-state index contributed by atoms with van der Waals surface area (Å²) >= 11 is 0. The molecule has 0 aromatic rings. The van der Waals surface area contributed by atoms with E-state index in [-0.39, 0.29) is 21.1 Å². The minimum absolute atomic E-state index is 0. The second kappa shape index (κ2) is 45.2. The summed E-state index contributed by atoms with van der Waals surface area (Å²) in [5.74, 6) is 0. The third kappa shape index (κ3) is 33.0. The van der Waals surface area contributed by atoms with Crippen LogP contribution in [0.1, 0.15) is 32.1 Å². The first-order valence-electron chi connectivity index (χ1n) is 3.09. The third-order valence-corrected chi connectivity index (χ3v) is 1.25. The van der Waals surface area contributed by atoms with Gasteiger partial charge in [0.15, 0.2) is 0 Å². The van der Waals surface area contributed by atoms with Crippen LogP contribution in [-0.4, -0.2) is 0 Å². The standard InChI is InChI=1S/C5H10.2CO.Mo.NO/c1-2-4-5-3-1;2*1-2;;1-2/h1-5H2;;;;/q;;;;-1. The van der Waals surface area contributed by atoms with E-state index in [9.17, 15) is 0 Å². The van der Waals surface area contributed by atoms with Gasteiger partial charge in [-0.15, -0.1) is 0 Å². The van der Waals surface area contributed by atoms with Crippen molar-refractivity contribution < 1.29 is 30.4 Å². The Labute approximate surface area is 86.6 Å². The topological polar surface area (TPSA) is 79.2 Å². The maximum Gasteiger partial charge on any atom is 0 e. The van der Waals surface area contributed by atoms with Crippen LogP contribution in [0.5, 0.6) is 0 Å². The van der Waals surface area contributed by atoms with Crippen LogP contribution in [0, 0.1) is 18.2 Å². The number of hydrogen-bond acceptors (Lipinski definition) is 1. The first-order valence-corrected chi connectivity index (χ1v) is 3.09. The average Bonchev–Trinajstić information content (AvgIpc) is 2.71. The molecular formula is C7H10MoNO3-. The zero-order valence-corrected chi connectivity index (χ0v) is 8.62. The Balaban J connectivity index is -0.0000000406. The fourth-order valence-electron chi connectivity index (χ4n) is 0.884. The largest absolute Gasteiger partial charge is 0.577 e. The molecule has 0 aliphatic heterocycles. The minimum atomic E-state index is 0. The van der Waals surface area contributed by atoms with Gasteiger partial charge < -0.3 is 10.5 Å². The number of rotatable bonds is 0. The van der Waals surface area contributed by atoms with Crippen LogP contribution in [0.3, 0.4) is 0 Å². The Kier molecular flexibility index (Phi) is 85.2. The summed E-state index contributed by atoms with van der Waals surface area (Å²) < 4.78 is 15.0. The second-order valence-corrected chi connectivity index (χ2v) is 1.77. The molecule has 0 spiro atoms. The number of hydrogen-bond donors (Lipinski definition) is 0. The quantitative estimate of drug-likeness (QED) is 0.369. The van der Waals surface area contributed by atoms with E-state index in [1.165, 1.54) is 32.1 Å². The van der Waals surface area contributed by atoms with E-state index in [1.807, 2.05) is 0 Å². The van der Waals surface area contributed by atoms with Crippen molar-refractivity contribution in [1.82, 2.24) is 0 Å². The van der Waals surface area contributed by atoms with E-state index < -0.39 is 0 Å². The minimum Gasteiger partial charge on any atom is -0.577 e. The number of nitrogens with zero attached hydrogens (tertiary/aromatic N) is 1. The van der Waals surface area contributed by atoms with Crippen LogP contribution in [0.15, 0.2) is 0 Å². The average molecular weight is 252 g/mol. The van der Waals surface area contributed by atoms with Crippen molar-refractivity contribution in [2.45, 2.75) is 32.1 Å². The van der Waals surface area contributed by atoms with Gasteiger partial charge in [-0.2, -0.15) is 0 Å². The molecule has 1 saturated carbocycles. The Morgan fingerprint density at radius 3 is 0.917 bits per heavy atom. The predicted molar refractivity (Wildman–Crippen MR) is 37.7 cm³/mol. The SMILES string of the molecule is C1CCCC1.[C-]#[O+].[C-]#[O+].[Mo].[N-]=O. The fourth-order valence-corrected chi connectivity index (χ4v) is 0.884. The molecule has 1 aliphatic rings. The van der Waals surface area contributed by atoms with Crippen molar-refractivity contribution in [2.75, 3.05) is 0 Å². The summed E-state index contributed by atoms with van der Waals surface area (Å²) in [5, 5.41) is 0. The Morgan fingerprint density at radius 2 is 0.833 bits per heavy atom. The smallest absolute Gasteiger partial charge is 0 e. The molecule has 0 unspecified atom stereocenters. The van der Waals surface area contributed by atoms with Crippen molar-refractivity contribution in [3.8, 4) is 0 Å². The Bertz CT molecular complexity index is 77.5. The van der Waals surface area contributed by atoms with E-state index in [4.69, 9.17) is 19.8 Å². The van der Waals surface area contributed by atoms with Gasteiger partial charge >= 0.3 is 22.6 Å². The molecule has 0 aromatic heterocycles. The summed E-state index contributed by atoms with van der Waals surface area (Å²) in [5.41, 5.74) is 5.75. The second-order valence-electron chi connectivity index (χ2n) is 1.77. The van der Waals surface area contributed by atoms with Gasteiger partial charge in [0.25, 0.3) is 0 Å². The molecule has 0 bridgehead atoms. The molecule has 0 amide bonds. The number of nitroso groups, excluding NO2 is 1. The molecule has 0 radical (unpaired) electrons. The van der Waals surface area contributed by atoms with Gasteiger partial charge in [-0.3, -0.25) is 0 Å². The third-order valence-electron chi connectivity index (χ3n) is 1.25. The molecule has 1 fully saturated rings. The molecule has 0 atom stereocenters. The molecule has 0 N–H and O–H groups in total. The molecule has 68 valence electrons. The molecule has 5 heteroatoms. The van der Waals surface area contributed by atoms with Crippen molar-refractivity contribution in [3.05, 3.63) is 23.8 Å². The van der Waals surface area contributed by atoms with Crippen LogP contribution < -0.4 is 0 Å². The van der Waals surface area contributed by atoms with E-state index in [1.54, 1.807) is 0 Å². The van der Waals surface area contributed by atoms with Gasteiger partial charge in [0.1, 0.15) is 0 Å². The van der Waals surface area contributed by atoms with Gasteiger partial charge in [-0.05, 0) is 0 Å². The van der Waals surface area contributed by atoms with Crippen molar-refractivity contribution in [1.29, 1.82) is 0 Å². The van der Waals surface area contributed by atoms with Crippen molar-refractivity contribution in [2.24, 2.45) is 0 Å². The van der Waals surface area contributed by atoms with E-state index in [0.717, 1.165) is 0 Å². The van der Waals surface area contributed by atoms with Gasteiger partial charge in [0.2, 0.25) is 0 Å². The molecule has 0 saturated heterocycles. The van der Waals surface area contributed by atoms with E-state index in [0.29, 0.717) is 0 Å². The molecular weight excluding hydrogens is 242 g/mol. The maximum absolute atomic E-state index is 7.50. The molecule has 1 aliphatic carbocycles. The molecule has 4 nitrogen and oxygen atoms in total. The van der Waals surface area contributed by atoms with E-state index in [2.05, 4.69) is 13.3 Å². The van der Waals surface area contributed by atoms with Crippen LogP contribution in [0.2, 0.25) is 0 Å². The van der Waals surface area contributed by atoms with Gasteiger partial charge in [-0.1, -0.05) is 32.1 Å². The van der Waals surface area contributed by atoms with Crippen LogP contribution in [0.25, 0.3) is 5.59 Å². The molecule has 12 heavy (non-hydrogen) atoms. The fraction of sp³-hybridized carbons (Fsp3) is 0.714. The normalized spacial score (nSPS) is 10.7. The molecule has 0 heterocycles. The summed E-state index contributed by atoms with van der Waals surface area (Å²) in [6, 6.07) is 0. The summed E-state index contributed by atoms with van der Waals surface area (Å²) in [7, 11) is 0. The maximum atomic E-state index is 7.50. The van der Waals surface area contributed by atoms with Crippen molar-refractivity contribution >= 4 is 0 Å². The van der Waals surface area contributed by atoms with E-state index >= 15 is 0 Å². The Hall–Kier alpha value is -0.232. The van der Waals surface area contributed by atoms with Crippen LogP contribution in [-0.2, 0) is 30.4 Å². The predicted octanol–water partition coefficient (Wildman–Crippen LogP) is 2.20.